The first-order valence-corrected chi connectivity index (χ1v) is 14.6. The number of rotatable bonds is 10. The van der Waals surface area contributed by atoms with E-state index in [2.05, 4.69) is 26.4 Å². The van der Waals surface area contributed by atoms with Crippen LogP contribution in [0.3, 0.4) is 0 Å². The molecular formula is C31H31ClN6O5. The monoisotopic (exact) mass is 602 g/mol. The highest BCUT2D eigenvalue weighted by Gasteiger charge is 2.29. The number of carboxylic acid groups (broad SMARTS) is 1. The van der Waals surface area contributed by atoms with Gasteiger partial charge in [0.1, 0.15) is 24.3 Å². The average Bonchev–Trinajstić information content (AvgIpc) is 3.31. The number of nitriles is 1. The Kier molecular flexibility index (Phi) is 8.42. The normalized spacial score (nSPS) is 20.3. The number of aromatic carboxylic acids is 1. The van der Waals surface area contributed by atoms with Crippen molar-refractivity contribution in [1.29, 1.82) is 5.26 Å². The van der Waals surface area contributed by atoms with E-state index in [-0.39, 0.29) is 30.4 Å². The number of aromatic nitrogens is 4. The SMILES string of the molecule is C[C@H]1C[C@@H](Oc2ccnc(COc3ccc(C#N)cc3Cl)n2)CCN1Cc1nc2ccc(C(=O)O)cc2n1C[C@@H]1CCO1. The van der Waals surface area contributed by atoms with E-state index >= 15 is 0 Å². The van der Waals surface area contributed by atoms with E-state index in [1.54, 1.807) is 48.7 Å². The van der Waals surface area contributed by atoms with Crippen LogP contribution < -0.4 is 9.47 Å². The van der Waals surface area contributed by atoms with Crippen LogP contribution in [0.15, 0.2) is 48.7 Å². The highest BCUT2D eigenvalue weighted by atomic mass is 35.5. The van der Waals surface area contributed by atoms with Crippen molar-refractivity contribution in [3.8, 4) is 17.7 Å². The zero-order valence-electron chi connectivity index (χ0n) is 23.6. The summed E-state index contributed by atoms with van der Waals surface area (Å²) in [5, 5.41) is 18.9. The summed E-state index contributed by atoms with van der Waals surface area (Å²) in [4.78, 5) is 27.7. The number of ether oxygens (including phenoxy) is 3. The van der Waals surface area contributed by atoms with Gasteiger partial charge in [0.05, 0.1) is 52.4 Å². The van der Waals surface area contributed by atoms with Crippen molar-refractivity contribution in [2.45, 2.75) is 64.1 Å². The molecule has 6 rings (SSSR count). The molecule has 0 spiro atoms. The molecule has 222 valence electrons. The fourth-order valence-corrected chi connectivity index (χ4v) is 5.71. The second-order valence-corrected chi connectivity index (χ2v) is 11.3. The summed E-state index contributed by atoms with van der Waals surface area (Å²) in [6, 6.07) is 13.9. The molecule has 2 aliphatic rings. The lowest BCUT2D eigenvalue weighted by Crippen LogP contribution is -2.44. The zero-order chi connectivity index (χ0) is 29.9. The van der Waals surface area contributed by atoms with Gasteiger partial charge < -0.3 is 23.9 Å². The van der Waals surface area contributed by atoms with Crippen LogP contribution in [0.5, 0.6) is 11.6 Å². The van der Waals surface area contributed by atoms with Crippen LogP contribution in [0.1, 0.15) is 53.8 Å². The van der Waals surface area contributed by atoms with E-state index in [1.807, 2.05) is 6.07 Å². The largest absolute Gasteiger partial charge is 0.484 e. The number of likely N-dealkylation sites (tertiary alicyclic amines) is 1. The number of carboxylic acids is 1. The number of fused-ring (bicyclic) bond motifs is 1. The van der Waals surface area contributed by atoms with Crippen LogP contribution in [-0.4, -0.2) is 66.9 Å². The molecular weight excluding hydrogens is 572 g/mol. The maximum absolute atomic E-state index is 11.6. The van der Waals surface area contributed by atoms with E-state index in [4.69, 9.17) is 36.1 Å². The van der Waals surface area contributed by atoms with Gasteiger partial charge in [0, 0.05) is 31.5 Å². The van der Waals surface area contributed by atoms with Crippen molar-refractivity contribution in [2.75, 3.05) is 13.2 Å². The van der Waals surface area contributed by atoms with Crippen LogP contribution >= 0.6 is 11.6 Å². The van der Waals surface area contributed by atoms with Gasteiger partial charge in [-0.15, -0.1) is 0 Å². The minimum absolute atomic E-state index is 0.0109. The summed E-state index contributed by atoms with van der Waals surface area (Å²) < 4.78 is 19.8. The average molecular weight is 603 g/mol. The first-order valence-electron chi connectivity index (χ1n) is 14.3. The molecule has 2 saturated heterocycles. The van der Waals surface area contributed by atoms with Crippen molar-refractivity contribution in [3.05, 3.63) is 76.5 Å². The molecule has 0 bridgehead atoms. The Labute approximate surface area is 253 Å². The van der Waals surface area contributed by atoms with Crippen LogP contribution in [0.4, 0.5) is 0 Å². The van der Waals surface area contributed by atoms with E-state index in [1.165, 1.54) is 0 Å². The second kappa shape index (κ2) is 12.6. The van der Waals surface area contributed by atoms with Gasteiger partial charge in [-0.25, -0.2) is 14.8 Å². The van der Waals surface area contributed by atoms with Crippen molar-refractivity contribution in [2.24, 2.45) is 0 Å². The molecule has 2 fully saturated rings. The minimum atomic E-state index is -0.953. The summed E-state index contributed by atoms with van der Waals surface area (Å²) in [5.74, 6) is 1.35. The first kappa shape index (κ1) is 28.9. The van der Waals surface area contributed by atoms with Gasteiger partial charge in [-0.05, 0) is 62.6 Å². The number of piperidine rings is 1. The number of imidazole rings is 1. The van der Waals surface area contributed by atoms with E-state index in [0.29, 0.717) is 41.1 Å². The highest BCUT2D eigenvalue weighted by molar-refractivity contribution is 6.32. The predicted molar refractivity (Wildman–Crippen MR) is 157 cm³/mol. The van der Waals surface area contributed by atoms with Gasteiger partial charge in [-0.3, -0.25) is 4.90 Å². The third-order valence-electron chi connectivity index (χ3n) is 7.95. The summed E-state index contributed by atoms with van der Waals surface area (Å²) in [6.45, 7) is 5.15. The Morgan fingerprint density at radius 1 is 1.21 bits per heavy atom. The maximum Gasteiger partial charge on any atom is 0.335 e. The molecule has 2 aromatic heterocycles. The molecule has 0 radical (unpaired) electrons. The fraction of sp³-hybridized carbons (Fsp3) is 0.387. The molecule has 3 atom stereocenters. The van der Waals surface area contributed by atoms with Gasteiger partial charge in [0.25, 0.3) is 0 Å². The second-order valence-electron chi connectivity index (χ2n) is 10.9. The molecule has 4 heterocycles. The zero-order valence-corrected chi connectivity index (χ0v) is 24.4. The third-order valence-corrected chi connectivity index (χ3v) is 8.24. The van der Waals surface area contributed by atoms with Gasteiger partial charge in [0.2, 0.25) is 5.88 Å². The molecule has 2 aliphatic heterocycles. The molecule has 43 heavy (non-hydrogen) atoms. The van der Waals surface area contributed by atoms with Gasteiger partial charge in [-0.2, -0.15) is 10.2 Å². The standard InChI is InChI=1S/C31H31ClN6O5/c1-19-12-22(43-30-6-9-34-28(36-30)18-42-27-5-2-20(15-33)13-24(27)32)7-10-37(19)17-29-35-25-4-3-21(31(39)40)14-26(25)38(29)16-23-8-11-41-23/h2-6,9,13-14,19,22-23H,7-8,10-12,16-18H2,1H3,(H,39,40)/t19-,22-,23-/m0/s1. The predicted octanol–water partition coefficient (Wildman–Crippen LogP) is 4.85. The number of halogens is 1. The summed E-state index contributed by atoms with van der Waals surface area (Å²) in [5.41, 5.74) is 2.32. The van der Waals surface area contributed by atoms with Gasteiger partial charge in [-0.1, -0.05) is 11.6 Å². The Morgan fingerprint density at radius 3 is 2.79 bits per heavy atom. The van der Waals surface area contributed by atoms with Crippen LogP contribution in [0.25, 0.3) is 11.0 Å². The van der Waals surface area contributed by atoms with E-state index < -0.39 is 5.97 Å². The highest BCUT2D eigenvalue weighted by Crippen LogP contribution is 2.28. The first-order chi connectivity index (χ1) is 20.9. The van der Waals surface area contributed by atoms with Gasteiger partial charge >= 0.3 is 5.97 Å². The molecule has 0 aliphatic carbocycles. The van der Waals surface area contributed by atoms with E-state index in [9.17, 15) is 9.90 Å². The molecule has 0 saturated carbocycles. The minimum Gasteiger partial charge on any atom is -0.484 e. The molecule has 0 amide bonds. The van der Waals surface area contributed by atoms with E-state index in [0.717, 1.165) is 49.3 Å². The Morgan fingerprint density at radius 2 is 2.07 bits per heavy atom. The number of benzene rings is 2. The molecule has 4 aromatic rings. The summed E-state index contributed by atoms with van der Waals surface area (Å²) in [7, 11) is 0. The Balaban J connectivity index is 1.09. The third kappa shape index (κ3) is 6.57. The number of carbonyl (C=O) groups is 1. The van der Waals surface area contributed by atoms with Crippen LogP contribution in [-0.2, 0) is 24.4 Å². The lowest BCUT2D eigenvalue weighted by molar-refractivity contribution is -0.0593. The van der Waals surface area contributed by atoms with Crippen LogP contribution in [0.2, 0.25) is 5.02 Å². The molecule has 2 aromatic carbocycles. The summed E-state index contributed by atoms with van der Waals surface area (Å²) >= 11 is 6.21. The van der Waals surface area contributed by atoms with Crippen molar-refractivity contribution >= 4 is 28.6 Å². The number of nitrogens with zero attached hydrogens (tertiary/aromatic N) is 6. The van der Waals surface area contributed by atoms with Gasteiger partial charge in [0.15, 0.2) is 5.82 Å². The molecule has 1 N–H and O–H groups in total. The fourth-order valence-electron chi connectivity index (χ4n) is 5.48. The van der Waals surface area contributed by atoms with Crippen LogP contribution in [0, 0.1) is 11.3 Å². The lowest BCUT2D eigenvalue weighted by Gasteiger charge is -2.37. The Bertz CT molecular complexity index is 1680. The van der Waals surface area contributed by atoms with Crippen molar-refractivity contribution < 1.29 is 24.1 Å². The molecule has 12 heteroatoms. The smallest absolute Gasteiger partial charge is 0.335 e. The number of hydrogen-bond donors (Lipinski definition) is 1. The molecule has 11 nitrogen and oxygen atoms in total. The maximum atomic E-state index is 11.6. The van der Waals surface area contributed by atoms with Crippen molar-refractivity contribution in [1.82, 2.24) is 24.4 Å². The lowest BCUT2D eigenvalue weighted by atomic mass is 10.0. The topological polar surface area (TPSA) is 136 Å². The quantitative estimate of drug-likeness (QED) is 0.268. The summed E-state index contributed by atoms with van der Waals surface area (Å²) in [6.07, 6.45) is 4.36. The number of hydrogen-bond acceptors (Lipinski definition) is 9. The van der Waals surface area contributed by atoms with Crippen molar-refractivity contribution in [3.63, 3.8) is 0 Å². The Hall–Kier alpha value is -4.24. The molecule has 0 unspecified atom stereocenters.